The highest BCUT2D eigenvalue weighted by Gasteiger charge is 2.30. The van der Waals surface area contributed by atoms with E-state index in [0.717, 1.165) is 67.4 Å². The molecule has 0 bridgehead atoms. The van der Waals surface area contributed by atoms with Crippen LogP contribution in [0.3, 0.4) is 0 Å². The van der Waals surface area contributed by atoms with Gasteiger partial charge < -0.3 is 19.8 Å². The molecule has 2 saturated heterocycles. The van der Waals surface area contributed by atoms with Crippen molar-refractivity contribution in [2.75, 3.05) is 19.6 Å². The quantitative estimate of drug-likeness (QED) is 0.747. The van der Waals surface area contributed by atoms with Gasteiger partial charge >= 0.3 is 0 Å². The lowest BCUT2D eigenvalue weighted by Crippen LogP contribution is -2.47. The smallest absolute Gasteiger partial charge is 0.239 e. The third-order valence-corrected chi connectivity index (χ3v) is 5.65. The molecule has 0 unspecified atom stereocenters. The summed E-state index contributed by atoms with van der Waals surface area (Å²) in [6.07, 6.45) is 9.70. The molecule has 130 valence electrons. The van der Waals surface area contributed by atoms with Gasteiger partial charge in [-0.25, -0.2) is 9.97 Å². The van der Waals surface area contributed by atoms with Crippen molar-refractivity contribution in [3.8, 4) is 0 Å². The molecule has 0 aromatic carbocycles. The summed E-state index contributed by atoms with van der Waals surface area (Å²) in [5, 5.41) is 4.43. The Kier molecular flexibility index (Phi) is 3.48. The Morgan fingerprint density at radius 3 is 2.88 bits per heavy atom. The van der Waals surface area contributed by atoms with Gasteiger partial charge in [-0.3, -0.25) is 4.79 Å². The predicted molar refractivity (Wildman–Crippen MR) is 95.3 cm³/mol. The van der Waals surface area contributed by atoms with Crippen LogP contribution in [0.2, 0.25) is 0 Å². The molecule has 2 N–H and O–H groups in total. The fourth-order valence-corrected chi connectivity index (χ4v) is 4.29. The van der Waals surface area contributed by atoms with Crippen molar-refractivity contribution < 1.29 is 4.79 Å². The summed E-state index contributed by atoms with van der Waals surface area (Å²) >= 11 is 0. The first-order valence-electron chi connectivity index (χ1n) is 9.12. The molecule has 3 aromatic rings. The van der Waals surface area contributed by atoms with Gasteiger partial charge in [0.1, 0.15) is 11.2 Å². The number of hydrogen-bond donors (Lipinski definition) is 2. The molecule has 1 atom stereocenters. The van der Waals surface area contributed by atoms with Gasteiger partial charge in [-0.05, 0) is 38.3 Å². The van der Waals surface area contributed by atoms with E-state index in [1.807, 2.05) is 23.6 Å². The average Bonchev–Trinajstić information content (AvgIpc) is 3.40. The van der Waals surface area contributed by atoms with Crippen molar-refractivity contribution in [2.45, 2.75) is 37.8 Å². The van der Waals surface area contributed by atoms with Gasteiger partial charge in [0.2, 0.25) is 5.91 Å². The number of rotatable bonds is 2. The normalized spacial score (nSPS) is 22.2. The number of aromatic nitrogens is 4. The first-order valence-corrected chi connectivity index (χ1v) is 9.12. The molecule has 25 heavy (non-hydrogen) atoms. The molecule has 0 saturated carbocycles. The molecule has 7 nitrogen and oxygen atoms in total. The fourth-order valence-electron chi connectivity index (χ4n) is 4.29. The van der Waals surface area contributed by atoms with Crippen molar-refractivity contribution in [3.63, 3.8) is 0 Å². The standard InChI is InChI=1S/C18H22N6O/c25-18(14-2-1-6-19-14)23-8-4-12(5-9-23)24-11-22-15-10-21-17-13(16(15)24)3-7-20-17/h3,7,10-12,14,19H,1-2,4-6,8-9H2,(H,20,21)/t14-/m0/s1. The van der Waals surface area contributed by atoms with Gasteiger partial charge in [0.05, 0.1) is 24.1 Å². The van der Waals surface area contributed by atoms with E-state index in [1.165, 1.54) is 0 Å². The SMILES string of the molecule is O=C([C@@H]1CCCN1)N1CCC(n2cnc3cnc4[nH]ccc4c32)CC1. The lowest BCUT2D eigenvalue weighted by atomic mass is 10.0. The Morgan fingerprint density at radius 1 is 1.20 bits per heavy atom. The highest BCUT2D eigenvalue weighted by Crippen LogP contribution is 2.30. The second kappa shape index (κ2) is 5.84. The number of aromatic amines is 1. The van der Waals surface area contributed by atoms with E-state index in [4.69, 9.17) is 0 Å². The average molecular weight is 338 g/mol. The van der Waals surface area contributed by atoms with Crippen molar-refractivity contribution in [1.29, 1.82) is 0 Å². The first-order chi connectivity index (χ1) is 12.3. The molecule has 5 heterocycles. The third kappa shape index (κ3) is 2.41. The fraction of sp³-hybridized carbons (Fsp3) is 0.500. The number of carbonyl (C=O) groups excluding carboxylic acids is 1. The van der Waals surface area contributed by atoms with Crippen LogP contribution < -0.4 is 5.32 Å². The zero-order valence-electron chi connectivity index (χ0n) is 14.1. The second-order valence-electron chi connectivity index (χ2n) is 7.09. The number of H-pyrrole nitrogens is 1. The second-order valence-corrected chi connectivity index (χ2v) is 7.09. The van der Waals surface area contributed by atoms with Crippen molar-refractivity contribution in [2.24, 2.45) is 0 Å². The Balaban J connectivity index is 1.38. The van der Waals surface area contributed by atoms with E-state index in [2.05, 4.69) is 30.9 Å². The van der Waals surface area contributed by atoms with E-state index in [-0.39, 0.29) is 11.9 Å². The number of pyridine rings is 1. The number of likely N-dealkylation sites (tertiary alicyclic amines) is 1. The summed E-state index contributed by atoms with van der Waals surface area (Å²) in [7, 11) is 0. The number of amides is 1. The van der Waals surface area contributed by atoms with E-state index >= 15 is 0 Å². The molecule has 2 aliphatic heterocycles. The van der Waals surface area contributed by atoms with E-state index in [1.54, 1.807) is 0 Å². The molecule has 5 rings (SSSR count). The third-order valence-electron chi connectivity index (χ3n) is 5.65. The van der Waals surface area contributed by atoms with E-state index < -0.39 is 0 Å². The van der Waals surface area contributed by atoms with Crippen molar-refractivity contribution >= 4 is 28.0 Å². The van der Waals surface area contributed by atoms with Gasteiger partial charge in [0, 0.05) is 30.7 Å². The number of carbonyl (C=O) groups is 1. The largest absolute Gasteiger partial charge is 0.346 e. The molecule has 3 aromatic heterocycles. The van der Waals surface area contributed by atoms with Gasteiger partial charge in [0.15, 0.2) is 0 Å². The molecule has 2 aliphatic rings. The number of fused-ring (bicyclic) bond motifs is 3. The summed E-state index contributed by atoms with van der Waals surface area (Å²) in [5.74, 6) is 0.281. The minimum Gasteiger partial charge on any atom is -0.346 e. The summed E-state index contributed by atoms with van der Waals surface area (Å²) in [6, 6.07) is 2.48. The van der Waals surface area contributed by atoms with Crippen LogP contribution in [0.4, 0.5) is 0 Å². The molecular weight excluding hydrogens is 316 g/mol. The van der Waals surface area contributed by atoms with Crippen LogP contribution in [0.1, 0.15) is 31.7 Å². The predicted octanol–water partition coefficient (Wildman–Crippen LogP) is 1.83. The van der Waals surface area contributed by atoms with Gasteiger partial charge in [-0.2, -0.15) is 0 Å². The van der Waals surface area contributed by atoms with Crippen LogP contribution in [0, 0.1) is 0 Å². The van der Waals surface area contributed by atoms with Gasteiger partial charge in [-0.1, -0.05) is 0 Å². The van der Waals surface area contributed by atoms with E-state index in [9.17, 15) is 4.79 Å². The summed E-state index contributed by atoms with van der Waals surface area (Å²) in [4.78, 5) is 26.7. The van der Waals surface area contributed by atoms with Crippen LogP contribution in [0.5, 0.6) is 0 Å². The lowest BCUT2D eigenvalue weighted by molar-refractivity contribution is -0.134. The zero-order chi connectivity index (χ0) is 16.8. The maximum Gasteiger partial charge on any atom is 0.239 e. The summed E-state index contributed by atoms with van der Waals surface area (Å²) in [5.41, 5.74) is 2.98. The molecule has 0 spiro atoms. The van der Waals surface area contributed by atoms with Crippen LogP contribution in [-0.4, -0.2) is 56.0 Å². The number of hydrogen-bond acceptors (Lipinski definition) is 4. The molecule has 0 aliphatic carbocycles. The number of imidazole rings is 1. The monoisotopic (exact) mass is 338 g/mol. The highest BCUT2D eigenvalue weighted by molar-refractivity contribution is 6.00. The van der Waals surface area contributed by atoms with Crippen LogP contribution >= 0.6 is 0 Å². The Bertz CT molecular complexity index is 914. The zero-order valence-corrected chi connectivity index (χ0v) is 14.1. The molecular formula is C18H22N6O. The van der Waals surface area contributed by atoms with Crippen molar-refractivity contribution in [3.05, 3.63) is 24.8 Å². The minimum absolute atomic E-state index is 0.0381. The molecule has 0 radical (unpaired) electrons. The molecule has 2 fully saturated rings. The molecule has 1 amide bonds. The Morgan fingerprint density at radius 2 is 2.08 bits per heavy atom. The maximum absolute atomic E-state index is 12.6. The maximum atomic E-state index is 12.6. The Hall–Kier alpha value is -2.41. The summed E-state index contributed by atoms with van der Waals surface area (Å²) in [6.45, 7) is 2.61. The Labute approximate surface area is 145 Å². The van der Waals surface area contributed by atoms with Crippen LogP contribution in [-0.2, 0) is 4.79 Å². The molecule has 7 heteroatoms. The van der Waals surface area contributed by atoms with Gasteiger partial charge in [-0.15, -0.1) is 0 Å². The van der Waals surface area contributed by atoms with Crippen LogP contribution in [0.15, 0.2) is 24.8 Å². The van der Waals surface area contributed by atoms with E-state index in [0.29, 0.717) is 6.04 Å². The number of nitrogens with one attached hydrogen (secondary N) is 2. The van der Waals surface area contributed by atoms with Crippen LogP contribution in [0.25, 0.3) is 22.1 Å². The minimum atomic E-state index is 0.0381. The van der Waals surface area contributed by atoms with Crippen molar-refractivity contribution in [1.82, 2.24) is 29.7 Å². The number of piperidine rings is 1. The number of nitrogens with zero attached hydrogens (tertiary/aromatic N) is 4. The topological polar surface area (TPSA) is 78.8 Å². The van der Waals surface area contributed by atoms with Gasteiger partial charge in [0.25, 0.3) is 0 Å². The lowest BCUT2D eigenvalue weighted by Gasteiger charge is -2.34. The summed E-state index contributed by atoms with van der Waals surface area (Å²) < 4.78 is 2.28. The first kappa shape index (κ1) is 14.9. The highest BCUT2D eigenvalue weighted by atomic mass is 16.2.